The van der Waals surface area contributed by atoms with E-state index in [0.29, 0.717) is 4.77 Å². The molecule has 2 aromatic carbocycles. The summed E-state index contributed by atoms with van der Waals surface area (Å²) in [6, 6.07) is 16.3. The van der Waals surface area contributed by atoms with Crippen molar-refractivity contribution in [2.45, 2.75) is 6.42 Å². The first-order valence-electron chi connectivity index (χ1n) is 6.76. The van der Waals surface area contributed by atoms with Gasteiger partial charge in [-0.25, -0.2) is 0 Å². The van der Waals surface area contributed by atoms with Crippen LogP contribution in [0.25, 0.3) is 22.4 Å². The fraction of sp³-hybridized carbons (Fsp3) is 0.0588. The third-order valence-electron chi connectivity index (χ3n) is 3.87. The van der Waals surface area contributed by atoms with Crippen LogP contribution in [0.5, 0.6) is 0 Å². The van der Waals surface area contributed by atoms with Gasteiger partial charge < -0.3 is 4.98 Å². The van der Waals surface area contributed by atoms with Crippen LogP contribution >= 0.6 is 12.2 Å². The second-order valence-corrected chi connectivity index (χ2v) is 5.62. The van der Waals surface area contributed by atoms with Gasteiger partial charge in [-0.05, 0) is 52.5 Å². The molecule has 4 rings (SSSR count). The normalized spacial score (nSPS) is 12.0. The van der Waals surface area contributed by atoms with Gasteiger partial charge in [-0.1, -0.05) is 36.4 Å². The summed E-state index contributed by atoms with van der Waals surface area (Å²) in [6.45, 7) is 0. The van der Waals surface area contributed by atoms with Crippen LogP contribution in [0.3, 0.4) is 0 Å². The Morgan fingerprint density at radius 3 is 2.57 bits per heavy atom. The summed E-state index contributed by atoms with van der Waals surface area (Å²) in [4.78, 5) is 17.1. The molecule has 1 heterocycles. The van der Waals surface area contributed by atoms with Crippen LogP contribution in [-0.4, -0.2) is 9.97 Å². The number of aromatic nitrogens is 2. The second kappa shape index (κ2) is 4.53. The molecule has 0 fully saturated rings. The zero-order valence-corrected chi connectivity index (χ0v) is 12.0. The van der Waals surface area contributed by atoms with Crippen molar-refractivity contribution in [2.75, 3.05) is 0 Å². The van der Waals surface area contributed by atoms with E-state index in [1.54, 1.807) is 6.07 Å². The lowest BCUT2D eigenvalue weighted by molar-refractivity contribution is 1.09. The Bertz CT molecular complexity index is 941. The molecule has 3 aromatic rings. The predicted octanol–water partition coefficient (Wildman–Crippen LogP) is 3.67. The predicted molar refractivity (Wildman–Crippen MR) is 85.9 cm³/mol. The maximum Gasteiger partial charge on any atom is 0.252 e. The van der Waals surface area contributed by atoms with Crippen LogP contribution in [0, 0.1) is 4.77 Å². The van der Waals surface area contributed by atoms with Crippen LogP contribution in [0.15, 0.2) is 53.3 Å². The largest absolute Gasteiger partial charge is 0.332 e. The number of hydrogen-bond acceptors (Lipinski definition) is 2. The minimum absolute atomic E-state index is 0.183. The lowest BCUT2D eigenvalue weighted by Gasteiger charge is -2.05. The van der Waals surface area contributed by atoms with Gasteiger partial charge in [0.05, 0.1) is 5.69 Å². The van der Waals surface area contributed by atoms with Crippen LogP contribution in [0.2, 0.25) is 0 Å². The van der Waals surface area contributed by atoms with Gasteiger partial charge in [0, 0.05) is 6.07 Å². The summed E-state index contributed by atoms with van der Waals surface area (Å²) in [7, 11) is 0. The van der Waals surface area contributed by atoms with Gasteiger partial charge in [0.25, 0.3) is 5.56 Å². The Labute approximate surface area is 126 Å². The summed E-state index contributed by atoms with van der Waals surface area (Å²) in [5.74, 6) is 0. The lowest BCUT2D eigenvalue weighted by Crippen LogP contribution is -2.06. The van der Waals surface area contributed by atoms with Gasteiger partial charge in [-0.2, -0.15) is 0 Å². The maximum absolute atomic E-state index is 11.6. The third-order valence-corrected chi connectivity index (χ3v) is 4.07. The molecule has 3 nitrogen and oxygen atoms in total. The molecule has 0 aliphatic heterocycles. The summed E-state index contributed by atoms with van der Waals surface area (Å²) in [5.41, 5.74) is 6.77. The number of rotatable bonds is 1. The molecule has 0 bridgehead atoms. The fourth-order valence-corrected chi connectivity index (χ4v) is 3.15. The molecule has 0 saturated heterocycles. The number of hydrogen-bond donors (Lipinski definition) is 2. The van der Waals surface area contributed by atoms with E-state index < -0.39 is 0 Å². The zero-order chi connectivity index (χ0) is 14.4. The molecular weight excluding hydrogens is 280 g/mol. The van der Waals surface area contributed by atoms with Crippen molar-refractivity contribution in [1.29, 1.82) is 0 Å². The van der Waals surface area contributed by atoms with Crippen molar-refractivity contribution < 1.29 is 0 Å². The molecule has 102 valence electrons. The molecule has 4 heteroatoms. The van der Waals surface area contributed by atoms with Crippen molar-refractivity contribution in [3.63, 3.8) is 0 Å². The minimum Gasteiger partial charge on any atom is -0.332 e. The van der Waals surface area contributed by atoms with Crippen LogP contribution in [0.1, 0.15) is 11.1 Å². The minimum atomic E-state index is -0.183. The average Bonchev–Trinajstić information content (AvgIpc) is 2.83. The Hall–Kier alpha value is -2.46. The molecule has 1 aliphatic rings. The van der Waals surface area contributed by atoms with E-state index in [-0.39, 0.29) is 5.56 Å². The number of nitrogens with one attached hydrogen (secondary N) is 2. The lowest BCUT2D eigenvalue weighted by atomic mass is 10.0. The van der Waals surface area contributed by atoms with Gasteiger partial charge >= 0.3 is 0 Å². The highest BCUT2D eigenvalue weighted by Crippen LogP contribution is 2.37. The number of aromatic amines is 2. The molecule has 0 amide bonds. The van der Waals surface area contributed by atoms with Crippen LogP contribution in [-0.2, 0) is 6.42 Å². The smallest absolute Gasteiger partial charge is 0.252 e. The van der Waals surface area contributed by atoms with Crippen molar-refractivity contribution in [2.24, 2.45) is 0 Å². The van der Waals surface area contributed by atoms with Crippen LogP contribution in [0.4, 0.5) is 0 Å². The first-order valence-corrected chi connectivity index (χ1v) is 7.17. The van der Waals surface area contributed by atoms with Gasteiger partial charge in [-0.3, -0.25) is 9.78 Å². The Morgan fingerprint density at radius 1 is 0.905 bits per heavy atom. The highest BCUT2D eigenvalue weighted by Gasteiger charge is 2.18. The van der Waals surface area contributed by atoms with E-state index in [2.05, 4.69) is 46.4 Å². The summed E-state index contributed by atoms with van der Waals surface area (Å²) < 4.78 is 0.348. The number of benzene rings is 2. The van der Waals surface area contributed by atoms with Gasteiger partial charge in [0.15, 0.2) is 4.77 Å². The summed E-state index contributed by atoms with van der Waals surface area (Å²) in [5, 5.41) is 0. The first kappa shape index (κ1) is 12.3. The monoisotopic (exact) mass is 292 g/mol. The molecule has 2 N–H and O–H groups in total. The van der Waals surface area contributed by atoms with E-state index >= 15 is 0 Å². The molecule has 0 unspecified atom stereocenters. The van der Waals surface area contributed by atoms with E-state index in [1.165, 1.54) is 22.3 Å². The van der Waals surface area contributed by atoms with Crippen molar-refractivity contribution in [3.05, 3.63) is 74.8 Å². The standard InChI is InChI=1S/C17H12N2OS/c20-16-9-15(18-17(21)19-16)11-5-6-14-12(8-11)7-10-3-1-2-4-13(10)14/h1-6,8-9H,7H2,(H2,18,19,20,21). The highest BCUT2D eigenvalue weighted by molar-refractivity contribution is 7.71. The molecule has 0 saturated carbocycles. The molecule has 0 radical (unpaired) electrons. The molecule has 0 atom stereocenters. The van der Waals surface area contributed by atoms with E-state index in [9.17, 15) is 4.79 Å². The first-order chi connectivity index (χ1) is 10.2. The van der Waals surface area contributed by atoms with Crippen molar-refractivity contribution in [3.8, 4) is 22.4 Å². The molecular formula is C17H12N2OS. The summed E-state index contributed by atoms with van der Waals surface area (Å²) in [6.07, 6.45) is 0.934. The molecule has 1 aromatic heterocycles. The number of fused-ring (bicyclic) bond motifs is 3. The SMILES string of the molecule is O=c1cc(-c2ccc3c(c2)Cc2ccccc2-3)[nH]c(=S)[nH]1. The van der Waals surface area contributed by atoms with E-state index in [4.69, 9.17) is 12.2 Å². The summed E-state index contributed by atoms with van der Waals surface area (Å²) >= 11 is 5.03. The topological polar surface area (TPSA) is 48.6 Å². The molecule has 0 spiro atoms. The Morgan fingerprint density at radius 2 is 1.71 bits per heavy atom. The quantitative estimate of drug-likeness (QED) is 0.526. The zero-order valence-electron chi connectivity index (χ0n) is 11.1. The Kier molecular flexibility index (Phi) is 2.65. The van der Waals surface area contributed by atoms with E-state index in [1.807, 2.05) is 6.07 Å². The van der Waals surface area contributed by atoms with Gasteiger partial charge in [0.2, 0.25) is 0 Å². The van der Waals surface area contributed by atoms with Crippen LogP contribution < -0.4 is 5.56 Å². The van der Waals surface area contributed by atoms with Gasteiger partial charge in [0.1, 0.15) is 0 Å². The number of H-pyrrole nitrogens is 2. The molecule has 21 heavy (non-hydrogen) atoms. The molecule has 1 aliphatic carbocycles. The van der Waals surface area contributed by atoms with Crippen molar-refractivity contribution >= 4 is 12.2 Å². The highest BCUT2D eigenvalue weighted by atomic mass is 32.1. The fourth-order valence-electron chi connectivity index (χ4n) is 2.94. The van der Waals surface area contributed by atoms with Crippen molar-refractivity contribution in [1.82, 2.24) is 9.97 Å². The third kappa shape index (κ3) is 2.04. The Balaban J connectivity index is 1.87. The second-order valence-electron chi connectivity index (χ2n) is 5.21. The van der Waals surface area contributed by atoms with Gasteiger partial charge in [-0.15, -0.1) is 0 Å². The maximum atomic E-state index is 11.6. The average molecular weight is 292 g/mol. The van der Waals surface area contributed by atoms with E-state index in [0.717, 1.165) is 17.7 Å².